The summed E-state index contributed by atoms with van der Waals surface area (Å²) in [6, 6.07) is 6.96. The lowest BCUT2D eigenvalue weighted by molar-refractivity contribution is 0.149. The van der Waals surface area contributed by atoms with Crippen LogP contribution in [0.4, 0.5) is 4.79 Å². The van der Waals surface area contributed by atoms with Crippen molar-refractivity contribution in [2.75, 3.05) is 39.8 Å². The highest BCUT2D eigenvalue weighted by Crippen LogP contribution is 2.34. The van der Waals surface area contributed by atoms with Gasteiger partial charge >= 0.3 is 6.03 Å². The molecule has 3 aromatic heterocycles. The van der Waals surface area contributed by atoms with Crippen LogP contribution in [0.1, 0.15) is 37.6 Å². The van der Waals surface area contributed by atoms with Crippen LogP contribution in [0.15, 0.2) is 36.7 Å². The van der Waals surface area contributed by atoms with Crippen molar-refractivity contribution < 1.29 is 4.79 Å². The molecule has 8 heteroatoms. The Bertz CT molecular complexity index is 1220. The zero-order valence-corrected chi connectivity index (χ0v) is 22.0. The molecule has 2 amide bonds. The normalized spacial score (nSPS) is 20.0. The van der Waals surface area contributed by atoms with Crippen LogP contribution in [0, 0.1) is 0 Å². The quantitative estimate of drug-likeness (QED) is 0.545. The van der Waals surface area contributed by atoms with Crippen LogP contribution < -0.4 is 5.32 Å². The number of carbonyl (C=O) groups is 1. The lowest BCUT2D eigenvalue weighted by Crippen LogP contribution is -2.48. The molecule has 0 aromatic carbocycles. The number of piperazine rings is 1. The van der Waals surface area contributed by atoms with E-state index in [2.05, 4.69) is 64.5 Å². The molecule has 1 saturated heterocycles. The third-order valence-corrected chi connectivity index (χ3v) is 8.15. The highest BCUT2D eigenvalue weighted by molar-refractivity contribution is 7.15. The Balaban J connectivity index is 1.34. The first-order chi connectivity index (χ1) is 16.9. The standard InChI is InChI=1S/C27H36N6OS/c1-18(2)30-27(34)33-8-7-20(13-19(33)3)24-16-29-26-23(24)14-21(15-28-26)25-6-5-22(35-25)17-32-11-9-31(4)10-12-32/h5-6,13-16,18-19H,7-12,17H2,1-4H3,(H,28,29)(H,30,34). The minimum Gasteiger partial charge on any atom is -0.346 e. The number of aromatic amines is 1. The summed E-state index contributed by atoms with van der Waals surface area (Å²) in [4.78, 5) is 30.1. The second kappa shape index (κ2) is 10.1. The Morgan fingerprint density at radius 1 is 1.23 bits per heavy atom. The van der Waals surface area contributed by atoms with Crippen molar-refractivity contribution in [3.63, 3.8) is 0 Å². The predicted molar refractivity (Wildman–Crippen MR) is 145 cm³/mol. The summed E-state index contributed by atoms with van der Waals surface area (Å²) in [5.41, 5.74) is 4.54. The number of thiophene rings is 1. The van der Waals surface area contributed by atoms with Gasteiger partial charge in [-0.05, 0) is 58.0 Å². The fraction of sp³-hybridized carbons (Fsp3) is 0.481. The van der Waals surface area contributed by atoms with Crippen LogP contribution in [0.25, 0.3) is 27.0 Å². The second-order valence-electron chi connectivity index (χ2n) is 10.1. The summed E-state index contributed by atoms with van der Waals surface area (Å²) in [7, 11) is 2.20. The van der Waals surface area contributed by atoms with Crippen LogP contribution in [-0.2, 0) is 6.54 Å². The number of rotatable bonds is 5. The van der Waals surface area contributed by atoms with Crippen LogP contribution in [-0.4, -0.2) is 82.6 Å². The van der Waals surface area contributed by atoms with Crippen molar-refractivity contribution in [2.24, 2.45) is 0 Å². The van der Waals surface area contributed by atoms with Gasteiger partial charge in [0.05, 0.1) is 0 Å². The van der Waals surface area contributed by atoms with Gasteiger partial charge < -0.3 is 20.1 Å². The average molecular weight is 493 g/mol. The number of amides is 2. The summed E-state index contributed by atoms with van der Waals surface area (Å²) in [5.74, 6) is 0. The van der Waals surface area contributed by atoms with E-state index in [9.17, 15) is 4.79 Å². The molecule has 3 aromatic rings. The van der Waals surface area contributed by atoms with E-state index < -0.39 is 0 Å². The van der Waals surface area contributed by atoms with Crippen molar-refractivity contribution in [1.29, 1.82) is 0 Å². The Morgan fingerprint density at radius 3 is 2.77 bits per heavy atom. The second-order valence-corrected chi connectivity index (χ2v) is 11.3. The van der Waals surface area contributed by atoms with E-state index in [0.717, 1.165) is 55.7 Å². The molecule has 2 aliphatic heterocycles. The number of urea groups is 1. The number of fused-ring (bicyclic) bond motifs is 1. The van der Waals surface area contributed by atoms with Gasteiger partial charge in [-0.1, -0.05) is 6.08 Å². The summed E-state index contributed by atoms with van der Waals surface area (Å²) in [6.45, 7) is 12.4. The van der Waals surface area contributed by atoms with E-state index >= 15 is 0 Å². The first kappa shape index (κ1) is 24.0. The molecule has 7 nitrogen and oxygen atoms in total. The number of aromatic nitrogens is 2. The Hall–Kier alpha value is -2.68. The number of hydrogen-bond acceptors (Lipinski definition) is 5. The average Bonchev–Trinajstić information content (AvgIpc) is 3.46. The Morgan fingerprint density at radius 2 is 2.03 bits per heavy atom. The number of H-pyrrole nitrogens is 1. The summed E-state index contributed by atoms with van der Waals surface area (Å²) >= 11 is 1.87. The Labute approximate surface area is 211 Å². The molecular weight excluding hydrogens is 456 g/mol. The van der Waals surface area contributed by atoms with E-state index in [-0.39, 0.29) is 18.1 Å². The van der Waals surface area contributed by atoms with Gasteiger partial charge in [0, 0.05) is 90.0 Å². The molecule has 5 heterocycles. The predicted octanol–water partition coefficient (Wildman–Crippen LogP) is 4.63. The summed E-state index contributed by atoms with van der Waals surface area (Å²) in [6.07, 6.45) is 7.10. The highest BCUT2D eigenvalue weighted by Gasteiger charge is 2.25. The van der Waals surface area contributed by atoms with E-state index in [1.165, 1.54) is 20.9 Å². The van der Waals surface area contributed by atoms with Crippen molar-refractivity contribution >= 4 is 34.0 Å². The van der Waals surface area contributed by atoms with Crippen molar-refractivity contribution in [2.45, 2.75) is 45.8 Å². The molecule has 0 spiro atoms. The largest absolute Gasteiger partial charge is 0.346 e. The van der Waals surface area contributed by atoms with Gasteiger partial charge in [-0.3, -0.25) is 4.90 Å². The SMILES string of the molecule is CC(C)NC(=O)N1CCC(c2c[nH]c3ncc(-c4ccc(CN5CCN(C)CC5)s4)cc23)=CC1C. The maximum atomic E-state index is 12.5. The van der Waals surface area contributed by atoms with Crippen LogP contribution in [0.3, 0.4) is 0 Å². The fourth-order valence-electron chi connectivity index (χ4n) is 5.00. The molecule has 0 aliphatic carbocycles. The van der Waals surface area contributed by atoms with Gasteiger partial charge in [-0.15, -0.1) is 11.3 Å². The Kier molecular flexibility index (Phi) is 6.95. The molecular formula is C27H36N6OS. The van der Waals surface area contributed by atoms with E-state index in [1.807, 2.05) is 36.3 Å². The first-order valence-electron chi connectivity index (χ1n) is 12.6. The molecule has 5 rings (SSSR count). The molecule has 35 heavy (non-hydrogen) atoms. The number of likely N-dealkylation sites (N-methyl/N-ethyl adjacent to an activating group) is 1. The molecule has 0 radical (unpaired) electrons. The third kappa shape index (κ3) is 5.29. The zero-order chi connectivity index (χ0) is 24.5. The monoisotopic (exact) mass is 492 g/mol. The van der Waals surface area contributed by atoms with Crippen LogP contribution in [0.5, 0.6) is 0 Å². The maximum Gasteiger partial charge on any atom is 0.318 e. The third-order valence-electron chi connectivity index (χ3n) is 7.03. The van der Waals surface area contributed by atoms with Gasteiger partial charge in [0.25, 0.3) is 0 Å². The van der Waals surface area contributed by atoms with Gasteiger partial charge in [-0.25, -0.2) is 9.78 Å². The van der Waals surface area contributed by atoms with Gasteiger partial charge in [0.2, 0.25) is 0 Å². The molecule has 1 unspecified atom stereocenters. The van der Waals surface area contributed by atoms with E-state index in [0.29, 0.717) is 6.54 Å². The molecule has 1 fully saturated rings. The molecule has 2 aliphatic rings. The number of nitrogens with one attached hydrogen (secondary N) is 2. The fourth-order valence-corrected chi connectivity index (χ4v) is 6.03. The molecule has 2 N–H and O–H groups in total. The highest BCUT2D eigenvalue weighted by atomic mass is 32.1. The number of nitrogens with zero attached hydrogens (tertiary/aromatic N) is 4. The minimum absolute atomic E-state index is 0.00996. The topological polar surface area (TPSA) is 67.5 Å². The van der Waals surface area contributed by atoms with E-state index in [1.54, 1.807) is 0 Å². The van der Waals surface area contributed by atoms with Crippen LogP contribution in [0.2, 0.25) is 0 Å². The van der Waals surface area contributed by atoms with Crippen molar-refractivity contribution in [3.8, 4) is 10.4 Å². The van der Waals surface area contributed by atoms with Gasteiger partial charge in [0.1, 0.15) is 5.65 Å². The maximum absolute atomic E-state index is 12.5. The molecule has 1 atom stereocenters. The zero-order valence-electron chi connectivity index (χ0n) is 21.2. The van der Waals surface area contributed by atoms with Crippen molar-refractivity contribution in [1.82, 2.24) is 30.0 Å². The van der Waals surface area contributed by atoms with Gasteiger partial charge in [0.15, 0.2) is 0 Å². The molecule has 0 bridgehead atoms. The van der Waals surface area contributed by atoms with Crippen LogP contribution >= 0.6 is 11.3 Å². The lowest BCUT2D eigenvalue weighted by atomic mass is 9.96. The summed E-state index contributed by atoms with van der Waals surface area (Å²) < 4.78 is 0. The summed E-state index contributed by atoms with van der Waals surface area (Å²) in [5, 5.41) is 4.16. The minimum atomic E-state index is 0.00996. The smallest absolute Gasteiger partial charge is 0.318 e. The number of pyridine rings is 1. The number of carbonyl (C=O) groups excluding carboxylic acids is 1. The first-order valence-corrected chi connectivity index (χ1v) is 13.4. The molecule has 186 valence electrons. The van der Waals surface area contributed by atoms with E-state index in [4.69, 9.17) is 4.98 Å². The van der Waals surface area contributed by atoms with Gasteiger partial charge in [-0.2, -0.15) is 0 Å². The number of hydrogen-bond donors (Lipinski definition) is 2. The molecule has 0 saturated carbocycles. The van der Waals surface area contributed by atoms with Crippen molar-refractivity contribution in [3.05, 3.63) is 47.1 Å². The lowest BCUT2D eigenvalue weighted by Gasteiger charge is -2.33.